The molecule has 1 aliphatic rings. The van der Waals surface area contributed by atoms with Crippen LogP contribution in [0.15, 0.2) is 24.3 Å². The molecular weight excluding hydrogens is 296 g/mol. The number of rotatable bonds is 4. The lowest BCUT2D eigenvalue weighted by Crippen LogP contribution is -2.34. The van der Waals surface area contributed by atoms with Gasteiger partial charge in [0.15, 0.2) is 5.15 Å². The molecule has 1 aromatic carbocycles. The van der Waals surface area contributed by atoms with Gasteiger partial charge in [-0.3, -0.25) is 0 Å². The summed E-state index contributed by atoms with van der Waals surface area (Å²) in [7, 11) is 0. The maximum absolute atomic E-state index is 8.84. The first-order valence-corrected chi connectivity index (χ1v) is 8.08. The molecule has 0 unspecified atom stereocenters. The van der Waals surface area contributed by atoms with E-state index in [1.165, 1.54) is 5.56 Å². The molecule has 0 aliphatic carbocycles. The molecule has 0 bridgehead atoms. The highest BCUT2D eigenvalue weighted by Crippen LogP contribution is 2.30. The number of aryl methyl sites for hydroxylation is 2. The summed E-state index contributed by atoms with van der Waals surface area (Å²) in [4.78, 5) is 4.49. The highest BCUT2D eigenvalue weighted by atomic mass is 35.5. The second-order valence-corrected chi connectivity index (χ2v) is 5.92. The fraction of sp³-hybridized carbons (Fsp3) is 0.412. The zero-order valence-corrected chi connectivity index (χ0v) is 13.4. The Morgan fingerprint density at radius 2 is 2.18 bits per heavy atom. The first kappa shape index (κ1) is 15.1. The highest BCUT2D eigenvalue weighted by molar-refractivity contribution is 6.30. The van der Waals surface area contributed by atoms with Gasteiger partial charge in [-0.05, 0) is 30.5 Å². The summed E-state index contributed by atoms with van der Waals surface area (Å²) in [5, 5.41) is 13.0. The van der Waals surface area contributed by atoms with Gasteiger partial charge >= 0.3 is 0 Å². The van der Waals surface area contributed by atoms with Crippen molar-refractivity contribution in [2.75, 3.05) is 6.54 Å². The van der Waals surface area contributed by atoms with Gasteiger partial charge in [0, 0.05) is 19.5 Å². The molecule has 1 aromatic heterocycles. The monoisotopic (exact) mass is 314 g/mol. The third kappa shape index (κ3) is 2.87. The van der Waals surface area contributed by atoms with Gasteiger partial charge in [0.05, 0.1) is 23.4 Å². The van der Waals surface area contributed by atoms with Gasteiger partial charge in [-0.25, -0.2) is 4.98 Å². The van der Waals surface area contributed by atoms with E-state index in [1.54, 1.807) is 0 Å². The molecule has 0 spiro atoms. The van der Waals surface area contributed by atoms with Gasteiger partial charge < -0.3 is 9.88 Å². The average Bonchev–Trinajstić information content (AvgIpc) is 2.90. The van der Waals surface area contributed by atoms with Crippen molar-refractivity contribution in [2.24, 2.45) is 0 Å². The lowest BCUT2D eigenvalue weighted by molar-refractivity contribution is 0.400. The summed E-state index contributed by atoms with van der Waals surface area (Å²) >= 11 is 6.35. The van der Waals surface area contributed by atoms with E-state index in [2.05, 4.69) is 27.9 Å². The van der Waals surface area contributed by atoms with Crippen LogP contribution < -0.4 is 5.32 Å². The standard InChI is InChI=1S/C17H19ClN4/c1-2-15-21-17(18)16-14(20-9-10-22(15)16)8-7-12-3-5-13(11-19)6-4-12/h3-6,14,20H,2,7-10H2,1H3/t14-/m0/s1. The minimum atomic E-state index is 0.240. The van der Waals surface area contributed by atoms with E-state index >= 15 is 0 Å². The summed E-state index contributed by atoms with van der Waals surface area (Å²) in [5.41, 5.74) is 3.07. The Labute approximate surface area is 135 Å². The first-order chi connectivity index (χ1) is 10.7. The van der Waals surface area contributed by atoms with Crippen LogP contribution in [0.2, 0.25) is 5.15 Å². The Morgan fingerprint density at radius 3 is 2.86 bits per heavy atom. The molecule has 3 rings (SSSR count). The Morgan fingerprint density at radius 1 is 1.41 bits per heavy atom. The number of nitrogens with one attached hydrogen (secondary N) is 1. The third-order valence-electron chi connectivity index (χ3n) is 4.22. The summed E-state index contributed by atoms with van der Waals surface area (Å²) in [6.45, 7) is 4.00. The second kappa shape index (κ2) is 6.51. The van der Waals surface area contributed by atoms with Crippen LogP contribution in [0, 0.1) is 11.3 Å². The molecule has 1 atom stereocenters. The Hall–Kier alpha value is -1.83. The minimum absolute atomic E-state index is 0.240. The van der Waals surface area contributed by atoms with Crippen LogP contribution in [0.4, 0.5) is 0 Å². The van der Waals surface area contributed by atoms with Gasteiger partial charge in [0.2, 0.25) is 0 Å². The zero-order valence-electron chi connectivity index (χ0n) is 12.6. The van der Waals surface area contributed by atoms with Crippen LogP contribution in [0.5, 0.6) is 0 Å². The molecule has 22 heavy (non-hydrogen) atoms. The summed E-state index contributed by atoms with van der Waals surface area (Å²) < 4.78 is 2.27. The van der Waals surface area contributed by atoms with Crippen LogP contribution in [-0.4, -0.2) is 16.1 Å². The molecule has 0 saturated heterocycles. The molecule has 4 nitrogen and oxygen atoms in total. The first-order valence-electron chi connectivity index (χ1n) is 7.70. The normalized spacial score (nSPS) is 17.0. The van der Waals surface area contributed by atoms with Crippen molar-refractivity contribution in [1.82, 2.24) is 14.9 Å². The van der Waals surface area contributed by atoms with Crippen molar-refractivity contribution in [1.29, 1.82) is 5.26 Å². The van der Waals surface area contributed by atoms with E-state index in [4.69, 9.17) is 16.9 Å². The molecule has 2 aromatic rings. The predicted molar refractivity (Wildman–Crippen MR) is 86.8 cm³/mol. The topological polar surface area (TPSA) is 53.6 Å². The maximum atomic E-state index is 8.84. The van der Waals surface area contributed by atoms with Gasteiger partial charge in [0.1, 0.15) is 5.82 Å². The molecular formula is C17H19ClN4. The van der Waals surface area contributed by atoms with Crippen molar-refractivity contribution in [3.05, 3.63) is 52.1 Å². The van der Waals surface area contributed by atoms with Crippen LogP contribution in [0.1, 0.15) is 42.0 Å². The molecule has 0 amide bonds. The van der Waals surface area contributed by atoms with Gasteiger partial charge in [0.25, 0.3) is 0 Å². The Kier molecular flexibility index (Phi) is 4.47. The van der Waals surface area contributed by atoms with E-state index in [-0.39, 0.29) is 6.04 Å². The number of hydrogen-bond acceptors (Lipinski definition) is 3. The second-order valence-electron chi connectivity index (χ2n) is 5.56. The fourth-order valence-corrected chi connectivity index (χ4v) is 3.41. The molecule has 0 fully saturated rings. The van der Waals surface area contributed by atoms with Gasteiger partial charge in [-0.2, -0.15) is 5.26 Å². The Bertz CT molecular complexity index is 697. The molecule has 2 heterocycles. The van der Waals surface area contributed by atoms with Crippen molar-refractivity contribution in [3.63, 3.8) is 0 Å². The highest BCUT2D eigenvalue weighted by Gasteiger charge is 2.26. The number of benzene rings is 1. The van der Waals surface area contributed by atoms with E-state index in [0.717, 1.165) is 43.9 Å². The molecule has 1 aliphatic heterocycles. The maximum Gasteiger partial charge on any atom is 0.152 e. The van der Waals surface area contributed by atoms with E-state index < -0.39 is 0 Å². The smallest absolute Gasteiger partial charge is 0.152 e. The van der Waals surface area contributed by atoms with Crippen molar-refractivity contribution in [3.8, 4) is 6.07 Å². The molecule has 114 valence electrons. The molecule has 1 N–H and O–H groups in total. The minimum Gasteiger partial charge on any atom is -0.328 e. The van der Waals surface area contributed by atoms with Gasteiger partial charge in [-0.15, -0.1) is 0 Å². The zero-order chi connectivity index (χ0) is 15.5. The third-order valence-corrected chi connectivity index (χ3v) is 4.50. The number of halogens is 1. The van der Waals surface area contributed by atoms with Crippen molar-refractivity contribution < 1.29 is 0 Å². The number of imidazole rings is 1. The van der Waals surface area contributed by atoms with Crippen LogP contribution in [-0.2, 0) is 19.4 Å². The molecule has 0 saturated carbocycles. The predicted octanol–water partition coefficient (Wildman–Crippen LogP) is 3.25. The summed E-state index contributed by atoms with van der Waals surface area (Å²) in [5.74, 6) is 1.07. The average molecular weight is 315 g/mol. The number of fused-ring (bicyclic) bond motifs is 1. The molecule has 0 radical (unpaired) electrons. The van der Waals surface area contributed by atoms with Crippen LogP contribution in [0.3, 0.4) is 0 Å². The number of nitrogens with zero attached hydrogens (tertiary/aromatic N) is 3. The number of nitriles is 1. The van der Waals surface area contributed by atoms with E-state index in [9.17, 15) is 0 Å². The summed E-state index contributed by atoms with van der Waals surface area (Å²) in [6, 6.07) is 10.2. The SMILES string of the molecule is CCc1nc(Cl)c2n1CCN[C@H]2CCc1ccc(C#N)cc1. The Balaban J connectivity index is 1.74. The van der Waals surface area contributed by atoms with Crippen LogP contribution >= 0.6 is 11.6 Å². The lowest BCUT2D eigenvalue weighted by Gasteiger charge is -2.27. The van der Waals surface area contributed by atoms with Gasteiger partial charge in [-0.1, -0.05) is 30.7 Å². The molecule has 5 heteroatoms. The summed E-state index contributed by atoms with van der Waals surface area (Å²) in [6.07, 6.45) is 2.83. The largest absolute Gasteiger partial charge is 0.328 e. The van der Waals surface area contributed by atoms with E-state index in [0.29, 0.717) is 10.7 Å². The quantitative estimate of drug-likeness (QED) is 0.942. The number of aromatic nitrogens is 2. The van der Waals surface area contributed by atoms with E-state index in [1.807, 2.05) is 24.3 Å². The fourth-order valence-electron chi connectivity index (χ4n) is 3.08. The van der Waals surface area contributed by atoms with Crippen LogP contribution in [0.25, 0.3) is 0 Å². The van der Waals surface area contributed by atoms with Crippen molar-refractivity contribution >= 4 is 11.6 Å². The van der Waals surface area contributed by atoms with Crippen molar-refractivity contribution in [2.45, 2.75) is 38.8 Å². The lowest BCUT2D eigenvalue weighted by atomic mass is 10.0. The number of hydrogen-bond donors (Lipinski definition) is 1.